The van der Waals surface area contributed by atoms with Crippen molar-refractivity contribution in [3.05, 3.63) is 33.3 Å². The van der Waals surface area contributed by atoms with E-state index in [2.05, 4.69) is 55.2 Å². The minimum Gasteiger partial charge on any atom is -0.389 e. The number of likely N-dealkylation sites (tertiary alicyclic amines) is 1. The molecule has 2 fully saturated rings. The Morgan fingerprint density at radius 2 is 2.03 bits per heavy atom. The molecule has 34 heavy (non-hydrogen) atoms. The van der Waals surface area contributed by atoms with Crippen LogP contribution in [-0.4, -0.2) is 63.0 Å². The SMILES string of the molecule is CCc1cc2c(s1)CCO[C@@]21CCN(Cc2cn(CC(C)(C)C3(O)CCOCC3)nn2)[C@@H](C)C1. The summed E-state index contributed by atoms with van der Waals surface area (Å²) in [5.41, 5.74) is 1.30. The Bertz CT molecular complexity index is 996. The van der Waals surface area contributed by atoms with Crippen molar-refractivity contribution in [1.29, 1.82) is 0 Å². The van der Waals surface area contributed by atoms with Gasteiger partial charge in [0.2, 0.25) is 0 Å². The third-order valence-corrected chi connectivity index (χ3v) is 9.89. The second-order valence-corrected chi connectivity index (χ2v) is 12.4. The second kappa shape index (κ2) is 9.28. The van der Waals surface area contributed by atoms with Gasteiger partial charge in [-0.1, -0.05) is 26.0 Å². The van der Waals surface area contributed by atoms with Crippen LogP contribution in [0.25, 0.3) is 0 Å². The minimum atomic E-state index is -0.731. The van der Waals surface area contributed by atoms with E-state index >= 15 is 0 Å². The molecule has 0 unspecified atom stereocenters. The van der Waals surface area contributed by atoms with Crippen molar-refractivity contribution in [3.8, 4) is 0 Å². The first-order valence-corrected chi connectivity index (χ1v) is 13.7. The van der Waals surface area contributed by atoms with E-state index in [4.69, 9.17) is 9.47 Å². The number of piperidine rings is 1. The number of aliphatic hydroxyl groups is 1. The quantitative estimate of drug-likeness (QED) is 0.664. The minimum absolute atomic E-state index is 0.117. The van der Waals surface area contributed by atoms with Crippen molar-refractivity contribution < 1.29 is 14.6 Å². The Hall–Kier alpha value is -1.32. The number of hydrogen-bond donors (Lipinski definition) is 1. The maximum atomic E-state index is 11.2. The molecule has 2 aromatic rings. The summed E-state index contributed by atoms with van der Waals surface area (Å²) in [6.45, 7) is 13.3. The van der Waals surface area contributed by atoms with Gasteiger partial charge in [0.1, 0.15) is 0 Å². The fraction of sp³-hybridized carbons (Fsp3) is 0.769. The second-order valence-electron chi connectivity index (χ2n) is 11.2. The molecule has 1 spiro atoms. The molecule has 2 saturated heterocycles. The molecule has 3 aliphatic rings. The predicted molar refractivity (Wildman–Crippen MR) is 133 cm³/mol. The third-order valence-electron chi connectivity index (χ3n) is 8.55. The molecule has 0 bridgehead atoms. The van der Waals surface area contributed by atoms with Crippen molar-refractivity contribution in [3.63, 3.8) is 0 Å². The van der Waals surface area contributed by atoms with Gasteiger partial charge in [0.25, 0.3) is 0 Å². The summed E-state index contributed by atoms with van der Waals surface area (Å²) >= 11 is 1.99. The van der Waals surface area contributed by atoms with Crippen LogP contribution in [0.1, 0.15) is 74.4 Å². The highest BCUT2D eigenvalue weighted by molar-refractivity contribution is 7.12. The molecule has 0 radical (unpaired) electrons. The van der Waals surface area contributed by atoms with Gasteiger partial charge in [0, 0.05) is 73.0 Å². The predicted octanol–water partition coefficient (Wildman–Crippen LogP) is 3.92. The molecule has 7 nitrogen and oxygen atoms in total. The van der Waals surface area contributed by atoms with E-state index in [1.54, 1.807) is 4.88 Å². The molecule has 5 rings (SSSR count). The van der Waals surface area contributed by atoms with Crippen molar-refractivity contribution in [2.45, 2.75) is 96.6 Å². The zero-order valence-electron chi connectivity index (χ0n) is 21.2. The molecule has 2 atom stereocenters. The van der Waals surface area contributed by atoms with Crippen molar-refractivity contribution in [1.82, 2.24) is 19.9 Å². The van der Waals surface area contributed by atoms with E-state index in [1.165, 1.54) is 10.4 Å². The van der Waals surface area contributed by atoms with Gasteiger partial charge in [-0.15, -0.1) is 16.4 Å². The zero-order valence-corrected chi connectivity index (χ0v) is 22.0. The number of thiophene rings is 1. The fourth-order valence-electron chi connectivity index (χ4n) is 6.14. The first-order chi connectivity index (χ1) is 16.2. The van der Waals surface area contributed by atoms with Crippen molar-refractivity contribution in [2.75, 3.05) is 26.4 Å². The highest BCUT2D eigenvalue weighted by Gasteiger charge is 2.46. The Labute approximate surface area is 207 Å². The van der Waals surface area contributed by atoms with Gasteiger partial charge in [-0.05, 0) is 37.8 Å². The zero-order chi connectivity index (χ0) is 24.0. The molecule has 3 aliphatic heterocycles. The van der Waals surface area contributed by atoms with E-state index in [9.17, 15) is 5.11 Å². The molecule has 8 heteroatoms. The molecular formula is C26H40N4O3S. The summed E-state index contributed by atoms with van der Waals surface area (Å²) in [6, 6.07) is 2.83. The number of hydrogen-bond acceptors (Lipinski definition) is 7. The lowest BCUT2D eigenvalue weighted by Gasteiger charge is -2.47. The average Bonchev–Trinajstić information content (AvgIpc) is 3.43. The van der Waals surface area contributed by atoms with E-state index in [-0.39, 0.29) is 11.0 Å². The number of fused-ring (bicyclic) bond motifs is 2. The van der Waals surface area contributed by atoms with Gasteiger partial charge in [0.15, 0.2) is 0 Å². The number of nitrogens with zero attached hydrogens (tertiary/aromatic N) is 4. The van der Waals surface area contributed by atoms with Gasteiger partial charge >= 0.3 is 0 Å². The van der Waals surface area contributed by atoms with Gasteiger partial charge in [-0.25, -0.2) is 0 Å². The lowest BCUT2D eigenvalue weighted by molar-refractivity contribution is -0.138. The van der Waals surface area contributed by atoms with E-state index in [1.807, 2.05) is 16.0 Å². The highest BCUT2D eigenvalue weighted by atomic mass is 32.1. The number of rotatable bonds is 6. The van der Waals surface area contributed by atoms with Crippen LogP contribution < -0.4 is 0 Å². The normalized spacial score (nSPS) is 27.7. The molecule has 0 aliphatic carbocycles. The highest BCUT2D eigenvalue weighted by Crippen LogP contribution is 2.46. The Balaban J connectivity index is 1.23. The molecule has 0 amide bonds. The Kier molecular flexibility index (Phi) is 6.66. The summed E-state index contributed by atoms with van der Waals surface area (Å²) in [5.74, 6) is 0. The fourth-order valence-corrected chi connectivity index (χ4v) is 7.32. The summed E-state index contributed by atoms with van der Waals surface area (Å²) in [5, 5.41) is 20.1. The standard InChI is InChI=1S/C26H40N4O3S/c1-5-21-14-22-23(34-21)6-11-33-25(22)7-10-29(19(2)15-25)16-20-17-30(28-27-20)18-24(3,4)26(31)8-12-32-13-9-26/h14,17,19,31H,5-13,15-16,18H2,1-4H3/t19-,25+/m0/s1. The topological polar surface area (TPSA) is 72.6 Å². The van der Waals surface area contributed by atoms with Crippen LogP contribution in [0.4, 0.5) is 0 Å². The third kappa shape index (κ3) is 4.48. The maximum absolute atomic E-state index is 11.2. The van der Waals surface area contributed by atoms with Crippen LogP contribution in [0.3, 0.4) is 0 Å². The lowest BCUT2D eigenvalue weighted by atomic mass is 9.70. The van der Waals surface area contributed by atoms with Crippen LogP contribution >= 0.6 is 11.3 Å². The van der Waals surface area contributed by atoms with E-state index in [0.29, 0.717) is 38.6 Å². The largest absolute Gasteiger partial charge is 0.389 e. The number of aryl methyl sites for hydroxylation is 1. The molecule has 0 aromatic carbocycles. The van der Waals surface area contributed by atoms with E-state index < -0.39 is 5.60 Å². The number of ether oxygens (including phenoxy) is 2. The van der Waals surface area contributed by atoms with Gasteiger partial charge < -0.3 is 14.6 Å². The summed E-state index contributed by atoms with van der Waals surface area (Å²) in [7, 11) is 0. The van der Waals surface area contributed by atoms with Gasteiger partial charge in [-0.2, -0.15) is 0 Å². The molecule has 0 saturated carbocycles. The average molecular weight is 489 g/mol. The van der Waals surface area contributed by atoms with Crippen LogP contribution in [0, 0.1) is 5.41 Å². The molecule has 188 valence electrons. The first kappa shape index (κ1) is 24.4. The lowest BCUT2D eigenvalue weighted by Crippen LogP contribution is -2.50. The van der Waals surface area contributed by atoms with Crippen molar-refractivity contribution in [2.24, 2.45) is 5.41 Å². The van der Waals surface area contributed by atoms with Crippen LogP contribution in [0.2, 0.25) is 0 Å². The Morgan fingerprint density at radius 3 is 2.76 bits per heavy atom. The molecular weight excluding hydrogens is 448 g/mol. The van der Waals surface area contributed by atoms with Crippen LogP contribution in [-0.2, 0) is 41.0 Å². The van der Waals surface area contributed by atoms with Crippen LogP contribution in [0.15, 0.2) is 12.3 Å². The smallest absolute Gasteiger partial charge is 0.0969 e. The summed E-state index contributed by atoms with van der Waals surface area (Å²) < 4.78 is 13.9. The van der Waals surface area contributed by atoms with Gasteiger partial charge in [-0.3, -0.25) is 9.58 Å². The Morgan fingerprint density at radius 1 is 1.24 bits per heavy atom. The molecule has 1 N–H and O–H groups in total. The van der Waals surface area contributed by atoms with Crippen LogP contribution in [0.5, 0.6) is 0 Å². The van der Waals surface area contributed by atoms with Gasteiger partial charge in [0.05, 0.1) is 30.0 Å². The number of aromatic nitrogens is 3. The van der Waals surface area contributed by atoms with Crippen molar-refractivity contribution >= 4 is 11.3 Å². The van der Waals surface area contributed by atoms with E-state index in [0.717, 1.165) is 51.1 Å². The summed E-state index contributed by atoms with van der Waals surface area (Å²) in [6.07, 6.45) is 7.61. The monoisotopic (exact) mass is 488 g/mol. The first-order valence-electron chi connectivity index (χ1n) is 12.9. The molecule has 5 heterocycles. The maximum Gasteiger partial charge on any atom is 0.0969 e. The molecule has 2 aromatic heterocycles. The summed E-state index contributed by atoms with van der Waals surface area (Å²) in [4.78, 5) is 5.54.